The third kappa shape index (κ3) is 3.80. The van der Waals surface area contributed by atoms with Crippen LogP contribution in [0.2, 0.25) is 0 Å². The van der Waals surface area contributed by atoms with E-state index in [1.807, 2.05) is 14.1 Å². The fourth-order valence-electron chi connectivity index (χ4n) is 2.94. The number of likely N-dealkylation sites (N-methyl/N-ethyl adjacent to an activating group) is 1. The van der Waals surface area contributed by atoms with Crippen molar-refractivity contribution >= 4 is 0 Å². The van der Waals surface area contributed by atoms with Crippen molar-refractivity contribution in [1.82, 2.24) is 0 Å². The number of aliphatic hydroxyl groups excluding tert-OH is 3. The fourth-order valence-corrected chi connectivity index (χ4v) is 2.94. The smallest absolute Gasteiger partial charge is 0.126 e. The lowest BCUT2D eigenvalue weighted by molar-refractivity contribution is -0.947. The van der Waals surface area contributed by atoms with Crippen molar-refractivity contribution in [2.75, 3.05) is 33.9 Å². The minimum absolute atomic E-state index is 0. The van der Waals surface area contributed by atoms with Crippen LogP contribution in [0.1, 0.15) is 32.1 Å². The van der Waals surface area contributed by atoms with Crippen LogP contribution in [0.15, 0.2) is 0 Å². The van der Waals surface area contributed by atoms with Gasteiger partial charge in [-0.25, -0.2) is 0 Å². The summed E-state index contributed by atoms with van der Waals surface area (Å²) in [5.41, 5.74) is -0.131. The number of hydrogen-bond acceptors (Lipinski definition) is 3. The zero-order valence-corrected chi connectivity index (χ0v) is 11.7. The van der Waals surface area contributed by atoms with E-state index < -0.39 is 6.10 Å². The van der Waals surface area contributed by atoms with Gasteiger partial charge >= 0.3 is 0 Å². The first-order valence-electron chi connectivity index (χ1n) is 6.20. The van der Waals surface area contributed by atoms with Crippen LogP contribution in [-0.4, -0.2) is 65.3 Å². The van der Waals surface area contributed by atoms with E-state index in [1.54, 1.807) is 0 Å². The van der Waals surface area contributed by atoms with Crippen LogP contribution >= 0.6 is 0 Å². The van der Waals surface area contributed by atoms with E-state index in [2.05, 4.69) is 0 Å². The van der Waals surface area contributed by atoms with Crippen molar-refractivity contribution in [1.29, 1.82) is 0 Å². The molecule has 17 heavy (non-hydrogen) atoms. The summed E-state index contributed by atoms with van der Waals surface area (Å²) < 4.78 is 0.589. The Morgan fingerprint density at radius 2 is 1.65 bits per heavy atom. The van der Waals surface area contributed by atoms with Crippen LogP contribution < -0.4 is 12.4 Å². The Balaban J connectivity index is 0.00000256. The highest BCUT2D eigenvalue weighted by molar-refractivity contribution is 4.84. The summed E-state index contributed by atoms with van der Waals surface area (Å²) in [5, 5.41) is 28.2. The number of halogens is 1. The molecule has 4 nitrogen and oxygen atoms in total. The molecule has 0 amide bonds. The third-order valence-corrected chi connectivity index (χ3v) is 4.24. The molecule has 0 radical (unpaired) electrons. The van der Waals surface area contributed by atoms with Crippen molar-refractivity contribution in [2.24, 2.45) is 0 Å². The van der Waals surface area contributed by atoms with Gasteiger partial charge in [0.2, 0.25) is 0 Å². The maximum absolute atomic E-state index is 9.70. The Morgan fingerprint density at radius 3 is 2.06 bits per heavy atom. The summed E-state index contributed by atoms with van der Waals surface area (Å²) in [6, 6.07) is 0. The number of nitrogens with zero attached hydrogens (tertiary/aromatic N) is 1. The minimum atomic E-state index is -0.694. The average molecular weight is 268 g/mol. The molecule has 1 rings (SSSR count). The molecule has 1 aliphatic carbocycles. The number of hydrogen-bond donors (Lipinski definition) is 3. The first-order valence-corrected chi connectivity index (χ1v) is 6.20. The Morgan fingerprint density at radius 1 is 1.12 bits per heavy atom. The van der Waals surface area contributed by atoms with Crippen molar-refractivity contribution in [3.05, 3.63) is 0 Å². The molecule has 0 bridgehead atoms. The molecule has 1 atom stereocenters. The van der Waals surface area contributed by atoms with Gasteiger partial charge in [-0.15, -0.1) is 0 Å². The normalized spacial score (nSPS) is 21.7. The predicted molar refractivity (Wildman–Crippen MR) is 63.0 cm³/mol. The maximum Gasteiger partial charge on any atom is 0.126 e. The van der Waals surface area contributed by atoms with Crippen LogP contribution in [0.4, 0.5) is 0 Å². The number of quaternary nitrogens is 1. The van der Waals surface area contributed by atoms with E-state index in [1.165, 1.54) is 6.42 Å². The largest absolute Gasteiger partial charge is 1.00 e. The summed E-state index contributed by atoms with van der Waals surface area (Å²) in [6.45, 7) is 0.457. The predicted octanol–water partition coefficient (Wildman–Crippen LogP) is -2.88. The van der Waals surface area contributed by atoms with Gasteiger partial charge in [0.1, 0.15) is 18.2 Å². The van der Waals surface area contributed by atoms with Crippen LogP contribution in [0, 0.1) is 0 Å². The highest BCUT2D eigenvalue weighted by Gasteiger charge is 2.46. The molecule has 0 spiro atoms. The molecule has 104 valence electrons. The molecule has 0 aromatic rings. The molecule has 0 aromatic carbocycles. The average Bonchev–Trinajstić information content (AvgIpc) is 2.29. The minimum Gasteiger partial charge on any atom is -1.00 e. The quantitative estimate of drug-likeness (QED) is 0.469. The lowest BCUT2D eigenvalue weighted by Crippen LogP contribution is -3.00. The Labute approximate surface area is 110 Å². The summed E-state index contributed by atoms with van der Waals surface area (Å²) in [7, 11) is 4.08. The molecular weight excluding hydrogens is 242 g/mol. The van der Waals surface area contributed by atoms with Gasteiger partial charge in [-0.1, -0.05) is 6.42 Å². The molecule has 0 heterocycles. The number of aliphatic hydroxyl groups is 3. The summed E-state index contributed by atoms with van der Waals surface area (Å²) in [6.07, 6.45) is 4.86. The molecule has 3 N–H and O–H groups in total. The van der Waals surface area contributed by atoms with E-state index in [4.69, 9.17) is 5.11 Å². The number of rotatable bonds is 5. The van der Waals surface area contributed by atoms with Gasteiger partial charge in [-0.2, -0.15) is 0 Å². The van der Waals surface area contributed by atoms with Crippen molar-refractivity contribution < 1.29 is 32.2 Å². The monoisotopic (exact) mass is 267 g/mol. The van der Waals surface area contributed by atoms with Crippen LogP contribution in [0.25, 0.3) is 0 Å². The molecular formula is C12H26ClNO3. The Hall–Kier alpha value is 0.130. The molecule has 5 heteroatoms. The van der Waals surface area contributed by atoms with Gasteiger partial charge in [0, 0.05) is 12.8 Å². The van der Waals surface area contributed by atoms with Crippen molar-refractivity contribution in [3.8, 4) is 0 Å². The molecule has 1 fully saturated rings. The van der Waals surface area contributed by atoms with Crippen LogP contribution in [0.3, 0.4) is 0 Å². The molecule has 0 aliphatic heterocycles. The lowest BCUT2D eigenvalue weighted by Gasteiger charge is -2.50. The summed E-state index contributed by atoms with van der Waals surface area (Å²) >= 11 is 0. The lowest BCUT2D eigenvalue weighted by atomic mass is 9.79. The maximum atomic E-state index is 9.70. The highest BCUT2D eigenvalue weighted by Crippen LogP contribution is 2.36. The topological polar surface area (TPSA) is 60.7 Å². The van der Waals surface area contributed by atoms with Gasteiger partial charge in [0.25, 0.3) is 0 Å². The SMILES string of the molecule is C[N+](C)(CC(O)CO)C1(CO)CCCCC1.[Cl-]. The van der Waals surface area contributed by atoms with Crippen LogP contribution in [-0.2, 0) is 0 Å². The van der Waals surface area contributed by atoms with Crippen molar-refractivity contribution in [2.45, 2.75) is 43.7 Å². The molecule has 1 unspecified atom stereocenters. The molecule has 1 aliphatic rings. The highest BCUT2D eigenvalue weighted by atomic mass is 35.5. The molecule has 0 aromatic heterocycles. The van der Waals surface area contributed by atoms with E-state index in [9.17, 15) is 10.2 Å². The first kappa shape index (κ1) is 17.1. The second-order valence-corrected chi connectivity index (χ2v) is 5.65. The standard InChI is InChI=1S/C12H26NO3.ClH/c1-13(2,8-11(16)9-14)12(10-15)6-4-3-5-7-12;/h11,14-16H,3-10H2,1-2H3;1H/q+1;/p-1. The van der Waals surface area contributed by atoms with E-state index >= 15 is 0 Å². The van der Waals surface area contributed by atoms with Gasteiger partial charge < -0.3 is 32.2 Å². The van der Waals surface area contributed by atoms with E-state index in [0.717, 1.165) is 25.7 Å². The van der Waals surface area contributed by atoms with Gasteiger partial charge in [0.15, 0.2) is 0 Å². The van der Waals surface area contributed by atoms with Crippen molar-refractivity contribution in [3.63, 3.8) is 0 Å². The van der Waals surface area contributed by atoms with E-state index in [-0.39, 0.29) is 31.2 Å². The van der Waals surface area contributed by atoms with Gasteiger partial charge in [-0.3, -0.25) is 0 Å². The summed E-state index contributed by atoms with van der Waals surface area (Å²) in [5.74, 6) is 0. The Kier molecular flexibility index (Phi) is 6.95. The van der Waals surface area contributed by atoms with E-state index in [0.29, 0.717) is 11.0 Å². The first-order chi connectivity index (χ1) is 7.47. The zero-order chi connectivity index (χ0) is 12.2. The molecule has 0 saturated heterocycles. The fraction of sp³-hybridized carbons (Fsp3) is 1.00. The van der Waals surface area contributed by atoms with Gasteiger partial charge in [-0.05, 0) is 12.8 Å². The zero-order valence-electron chi connectivity index (χ0n) is 10.9. The second kappa shape index (κ2) is 6.90. The third-order valence-electron chi connectivity index (χ3n) is 4.24. The van der Waals surface area contributed by atoms with Gasteiger partial charge in [0.05, 0.1) is 27.3 Å². The summed E-state index contributed by atoms with van der Waals surface area (Å²) in [4.78, 5) is 0. The van der Waals surface area contributed by atoms with Crippen LogP contribution in [0.5, 0.6) is 0 Å². The second-order valence-electron chi connectivity index (χ2n) is 5.65. The molecule has 1 saturated carbocycles. The Bertz CT molecular complexity index is 218.